The van der Waals surface area contributed by atoms with Crippen molar-refractivity contribution in [2.45, 2.75) is 39.2 Å². The normalized spacial score (nSPS) is 21.8. The zero-order valence-electron chi connectivity index (χ0n) is 17.0. The van der Waals surface area contributed by atoms with E-state index >= 15 is 0 Å². The number of hydrogen-bond acceptors (Lipinski definition) is 5. The molecule has 0 unspecified atom stereocenters. The minimum atomic E-state index is -0.0720. The van der Waals surface area contributed by atoms with Crippen LogP contribution >= 0.6 is 0 Å². The molecule has 2 aliphatic rings. The Labute approximate surface area is 171 Å². The van der Waals surface area contributed by atoms with E-state index in [1.54, 1.807) is 18.3 Å². The highest BCUT2D eigenvalue weighted by atomic mass is 16.3. The number of aromatic nitrogens is 1. The molecule has 0 spiro atoms. The van der Waals surface area contributed by atoms with Crippen molar-refractivity contribution in [2.75, 3.05) is 29.9 Å². The number of furan rings is 1. The SMILES string of the molecule is CC(C)C(=O)Nc1ccc(N2CCCC[C@@H]3CN(C(=O)c4ccco4)C[C@@H]32)nc1. The number of likely N-dealkylation sites (tertiary alicyclic amines) is 1. The second-order valence-electron chi connectivity index (χ2n) is 8.25. The molecule has 0 radical (unpaired) electrons. The average molecular weight is 396 g/mol. The third-order valence-electron chi connectivity index (χ3n) is 5.88. The number of pyridine rings is 1. The van der Waals surface area contributed by atoms with E-state index in [2.05, 4.69) is 15.2 Å². The Kier molecular flexibility index (Phi) is 5.56. The molecular formula is C22H28N4O3. The molecule has 2 aliphatic heterocycles. The lowest BCUT2D eigenvalue weighted by atomic mass is 9.98. The largest absolute Gasteiger partial charge is 0.459 e. The smallest absolute Gasteiger partial charge is 0.289 e. The van der Waals surface area contributed by atoms with Crippen LogP contribution in [0.1, 0.15) is 43.7 Å². The molecule has 7 heteroatoms. The molecule has 0 aromatic carbocycles. The van der Waals surface area contributed by atoms with Crippen LogP contribution in [0.2, 0.25) is 0 Å². The molecule has 4 heterocycles. The minimum absolute atomic E-state index is 0.0164. The molecule has 2 aromatic rings. The first-order chi connectivity index (χ1) is 14.0. The maximum Gasteiger partial charge on any atom is 0.289 e. The molecule has 1 N–H and O–H groups in total. The van der Waals surface area contributed by atoms with Gasteiger partial charge in [-0.15, -0.1) is 0 Å². The summed E-state index contributed by atoms with van der Waals surface area (Å²) in [7, 11) is 0. The number of fused-ring (bicyclic) bond motifs is 1. The van der Waals surface area contributed by atoms with Crippen molar-refractivity contribution in [1.82, 2.24) is 9.88 Å². The molecule has 0 aliphatic carbocycles. The summed E-state index contributed by atoms with van der Waals surface area (Å²) >= 11 is 0. The van der Waals surface area contributed by atoms with Gasteiger partial charge in [0.05, 0.1) is 24.2 Å². The number of carbonyl (C=O) groups is 2. The van der Waals surface area contributed by atoms with E-state index in [-0.39, 0.29) is 23.8 Å². The van der Waals surface area contributed by atoms with Gasteiger partial charge in [0.15, 0.2) is 5.76 Å². The van der Waals surface area contributed by atoms with Crippen molar-refractivity contribution in [3.05, 3.63) is 42.5 Å². The lowest BCUT2D eigenvalue weighted by Gasteiger charge is -2.31. The molecule has 2 saturated heterocycles. The van der Waals surface area contributed by atoms with Crippen LogP contribution in [0.15, 0.2) is 41.1 Å². The topological polar surface area (TPSA) is 78.7 Å². The summed E-state index contributed by atoms with van der Waals surface area (Å²) in [5.74, 6) is 1.60. The van der Waals surface area contributed by atoms with E-state index < -0.39 is 0 Å². The van der Waals surface area contributed by atoms with Gasteiger partial charge in [-0.25, -0.2) is 4.98 Å². The molecular weight excluding hydrogens is 368 g/mol. The number of nitrogens with zero attached hydrogens (tertiary/aromatic N) is 3. The zero-order chi connectivity index (χ0) is 20.4. The third kappa shape index (κ3) is 4.13. The highest BCUT2D eigenvalue weighted by molar-refractivity contribution is 5.92. The molecule has 2 amide bonds. The molecule has 2 fully saturated rings. The van der Waals surface area contributed by atoms with Gasteiger partial charge in [0.2, 0.25) is 5.91 Å². The summed E-state index contributed by atoms with van der Waals surface area (Å²) in [6, 6.07) is 7.59. The third-order valence-corrected chi connectivity index (χ3v) is 5.88. The first kappa shape index (κ1) is 19.5. The molecule has 29 heavy (non-hydrogen) atoms. The molecule has 2 aromatic heterocycles. The summed E-state index contributed by atoms with van der Waals surface area (Å²) in [5.41, 5.74) is 0.708. The van der Waals surface area contributed by atoms with Crippen LogP contribution in [-0.2, 0) is 4.79 Å². The van der Waals surface area contributed by atoms with Crippen LogP contribution in [0.25, 0.3) is 0 Å². The summed E-state index contributed by atoms with van der Waals surface area (Å²) in [4.78, 5) is 33.5. The Morgan fingerprint density at radius 3 is 2.76 bits per heavy atom. The number of hydrogen-bond donors (Lipinski definition) is 1. The number of amides is 2. The molecule has 0 bridgehead atoms. The second kappa shape index (κ2) is 8.27. The van der Waals surface area contributed by atoms with Gasteiger partial charge in [0, 0.05) is 25.6 Å². The van der Waals surface area contributed by atoms with E-state index in [4.69, 9.17) is 4.42 Å². The molecule has 0 saturated carbocycles. The average Bonchev–Trinajstić information content (AvgIpc) is 3.35. The Morgan fingerprint density at radius 2 is 2.07 bits per heavy atom. The fraction of sp³-hybridized carbons (Fsp3) is 0.500. The number of nitrogens with one attached hydrogen (secondary N) is 1. The zero-order valence-corrected chi connectivity index (χ0v) is 17.0. The van der Waals surface area contributed by atoms with E-state index in [1.807, 2.05) is 30.9 Å². The van der Waals surface area contributed by atoms with E-state index in [0.29, 0.717) is 23.9 Å². The van der Waals surface area contributed by atoms with Crippen molar-refractivity contribution in [2.24, 2.45) is 11.8 Å². The van der Waals surface area contributed by atoms with Gasteiger partial charge >= 0.3 is 0 Å². The second-order valence-corrected chi connectivity index (χ2v) is 8.25. The maximum atomic E-state index is 12.7. The first-order valence-corrected chi connectivity index (χ1v) is 10.4. The van der Waals surface area contributed by atoms with Gasteiger partial charge in [-0.3, -0.25) is 9.59 Å². The van der Waals surface area contributed by atoms with Gasteiger partial charge in [-0.1, -0.05) is 20.3 Å². The Bertz CT molecular complexity index is 847. The summed E-state index contributed by atoms with van der Waals surface area (Å²) < 4.78 is 5.31. The molecule has 4 rings (SSSR count). The summed E-state index contributed by atoms with van der Waals surface area (Å²) in [6.45, 7) is 6.09. The van der Waals surface area contributed by atoms with E-state index in [9.17, 15) is 9.59 Å². The predicted molar refractivity (Wildman–Crippen MR) is 111 cm³/mol. The standard InChI is InChI=1S/C22H28N4O3/c1-15(2)21(27)24-17-8-9-20(23-12-17)26-10-4-3-6-16-13-25(14-18(16)26)22(28)19-7-5-11-29-19/h5,7-9,11-12,15-16,18H,3-4,6,10,13-14H2,1-2H3,(H,24,27)/t16-,18+/m1/s1. The number of carbonyl (C=O) groups excluding carboxylic acids is 2. The Morgan fingerprint density at radius 1 is 1.21 bits per heavy atom. The highest BCUT2D eigenvalue weighted by Gasteiger charge is 2.40. The Hall–Kier alpha value is -2.83. The van der Waals surface area contributed by atoms with Crippen LogP contribution in [0.3, 0.4) is 0 Å². The lowest BCUT2D eigenvalue weighted by molar-refractivity contribution is -0.118. The van der Waals surface area contributed by atoms with Crippen LogP contribution in [0.4, 0.5) is 11.5 Å². The van der Waals surface area contributed by atoms with E-state index in [1.165, 1.54) is 6.26 Å². The van der Waals surface area contributed by atoms with Crippen LogP contribution in [0, 0.1) is 11.8 Å². The van der Waals surface area contributed by atoms with Gasteiger partial charge < -0.3 is 19.5 Å². The molecule has 7 nitrogen and oxygen atoms in total. The van der Waals surface area contributed by atoms with Gasteiger partial charge in [-0.05, 0) is 43.0 Å². The maximum absolute atomic E-state index is 12.7. The van der Waals surface area contributed by atoms with Crippen LogP contribution in [-0.4, -0.2) is 47.4 Å². The number of rotatable bonds is 4. The fourth-order valence-electron chi connectivity index (χ4n) is 4.27. The number of anilines is 2. The van der Waals surface area contributed by atoms with Gasteiger partial charge in [-0.2, -0.15) is 0 Å². The van der Waals surface area contributed by atoms with Crippen molar-refractivity contribution in [1.29, 1.82) is 0 Å². The molecule has 2 atom stereocenters. The van der Waals surface area contributed by atoms with Crippen molar-refractivity contribution in [3.8, 4) is 0 Å². The van der Waals surface area contributed by atoms with Gasteiger partial charge in [0.1, 0.15) is 5.82 Å². The van der Waals surface area contributed by atoms with Crippen molar-refractivity contribution < 1.29 is 14.0 Å². The molecule has 154 valence electrons. The van der Waals surface area contributed by atoms with Crippen molar-refractivity contribution in [3.63, 3.8) is 0 Å². The summed E-state index contributed by atoms with van der Waals surface area (Å²) in [6.07, 6.45) is 6.65. The van der Waals surface area contributed by atoms with Crippen LogP contribution in [0.5, 0.6) is 0 Å². The van der Waals surface area contributed by atoms with Crippen LogP contribution < -0.4 is 10.2 Å². The predicted octanol–water partition coefficient (Wildman–Crippen LogP) is 3.40. The Balaban J connectivity index is 1.49. The fourth-order valence-corrected chi connectivity index (χ4v) is 4.27. The minimum Gasteiger partial charge on any atom is -0.459 e. The van der Waals surface area contributed by atoms with Crippen molar-refractivity contribution >= 4 is 23.3 Å². The quantitative estimate of drug-likeness (QED) is 0.857. The highest BCUT2D eigenvalue weighted by Crippen LogP contribution is 2.33. The first-order valence-electron chi connectivity index (χ1n) is 10.4. The summed E-state index contributed by atoms with van der Waals surface area (Å²) in [5, 5.41) is 2.88. The lowest BCUT2D eigenvalue weighted by Crippen LogP contribution is -2.41. The monoisotopic (exact) mass is 396 g/mol. The van der Waals surface area contributed by atoms with E-state index in [0.717, 1.165) is 38.2 Å². The van der Waals surface area contributed by atoms with Gasteiger partial charge in [0.25, 0.3) is 5.91 Å².